The van der Waals surface area contributed by atoms with Crippen LogP contribution in [0, 0.1) is 6.92 Å². The summed E-state index contributed by atoms with van der Waals surface area (Å²) >= 11 is 0. The van der Waals surface area contributed by atoms with E-state index in [4.69, 9.17) is 9.47 Å². The first-order valence-electron chi connectivity index (χ1n) is 8.70. The molecule has 6 heteroatoms. The number of methoxy groups -OCH3 is 2. The van der Waals surface area contributed by atoms with E-state index < -0.39 is 0 Å². The van der Waals surface area contributed by atoms with Gasteiger partial charge in [-0.1, -0.05) is 19.4 Å². The highest BCUT2D eigenvalue weighted by Crippen LogP contribution is 2.27. The van der Waals surface area contributed by atoms with E-state index in [0.717, 1.165) is 55.4 Å². The van der Waals surface area contributed by atoms with Crippen molar-refractivity contribution in [2.45, 2.75) is 33.1 Å². The Balaban J connectivity index is 1.92. The van der Waals surface area contributed by atoms with Gasteiger partial charge in [0, 0.05) is 24.8 Å². The number of ether oxygens (including phenoxy) is 2. The topological polar surface area (TPSA) is 68.3 Å². The van der Waals surface area contributed by atoms with Crippen molar-refractivity contribution in [2.24, 2.45) is 0 Å². The number of unbranched alkanes of at least 4 members (excludes halogenated alkanes) is 1. The van der Waals surface area contributed by atoms with Gasteiger partial charge in [-0.15, -0.1) is 0 Å². The Morgan fingerprint density at radius 2 is 1.76 bits per heavy atom. The Hall–Kier alpha value is -2.50. The van der Waals surface area contributed by atoms with Gasteiger partial charge in [-0.2, -0.15) is 4.98 Å². The molecule has 1 heterocycles. The molecule has 1 aromatic carbocycles. The van der Waals surface area contributed by atoms with Gasteiger partial charge in [0.15, 0.2) is 11.5 Å². The minimum absolute atomic E-state index is 0.682. The first-order valence-corrected chi connectivity index (χ1v) is 8.70. The number of nitrogens with zero attached hydrogens (tertiary/aromatic N) is 2. The SMILES string of the molecule is CCCCNc1nc(C)cc(NCCc2ccc(OC)c(OC)c2)n1. The third-order valence-electron chi connectivity index (χ3n) is 3.84. The summed E-state index contributed by atoms with van der Waals surface area (Å²) in [5.41, 5.74) is 2.12. The average Bonchev–Trinajstić information content (AvgIpc) is 2.61. The molecule has 136 valence electrons. The van der Waals surface area contributed by atoms with E-state index in [-0.39, 0.29) is 0 Å². The Bertz CT molecular complexity index is 676. The zero-order chi connectivity index (χ0) is 18.1. The maximum Gasteiger partial charge on any atom is 0.224 e. The highest BCUT2D eigenvalue weighted by Gasteiger charge is 2.05. The lowest BCUT2D eigenvalue weighted by Gasteiger charge is -2.11. The minimum atomic E-state index is 0.682. The van der Waals surface area contributed by atoms with Crippen molar-refractivity contribution in [3.8, 4) is 11.5 Å². The van der Waals surface area contributed by atoms with Crippen LogP contribution in [-0.2, 0) is 6.42 Å². The second-order valence-electron chi connectivity index (χ2n) is 5.86. The van der Waals surface area contributed by atoms with Crippen molar-refractivity contribution in [3.63, 3.8) is 0 Å². The van der Waals surface area contributed by atoms with Crippen LogP contribution in [0.25, 0.3) is 0 Å². The highest BCUT2D eigenvalue weighted by atomic mass is 16.5. The summed E-state index contributed by atoms with van der Waals surface area (Å²) in [6.07, 6.45) is 3.12. The zero-order valence-electron chi connectivity index (χ0n) is 15.6. The lowest BCUT2D eigenvalue weighted by atomic mass is 10.1. The lowest BCUT2D eigenvalue weighted by Crippen LogP contribution is -2.10. The van der Waals surface area contributed by atoms with Crippen LogP contribution < -0.4 is 20.1 Å². The van der Waals surface area contributed by atoms with E-state index >= 15 is 0 Å². The van der Waals surface area contributed by atoms with Crippen molar-refractivity contribution in [1.82, 2.24) is 9.97 Å². The first kappa shape index (κ1) is 18.8. The summed E-state index contributed by atoms with van der Waals surface area (Å²) in [5, 5.41) is 6.64. The van der Waals surface area contributed by atoms with Gasteiger partial charge in [0.2, 0.25) is 5.95 Å². The molecule has 25 heavy (non-hydrogen) atoms. The van der Waals surface area contributed by atoms with Crippen LogP contribution in [0.3, 0.4) is 0 Å². The number of benzene rings is 1. The van der Waals surface area contributed by atoms with E-state index in [2.05, 4.69) is 27.5 Å². The van der Waals surface area contributed by atoms with Crippen LogP contribution in [0.2, 0.25) is 0 Å². The fourth-order valence-corrected chi connectivity index (χ4v) is 2.49. The number of rotatable bonds is 10. The molecule has 0 saturated heterocycles. The van der Waals surface area contributed by atoms with Crippen molar-refractivity contribution >= 4 is 11.8 Å². The first-order chi connectivity index (χ1) is 12.2. The standard InChI is InChI=1S/C19H28N4O2/c1-5-6-10-21-19-22-14(2)12-18(23-19)20-11-9-15-7-8-16(24-3)17(13-15)25-4/h7-8,12-13H,5-6,9-11H2,1-4H3,(H2,20,21,22,23). The molecular weight excluding hydrogens is 316 g/mol. The second-order valence-corrected chi connectivity index (χ2v) is 5.86. The Kier molecular flexibility index (Phi) is 7.32. The molecule has 0 radical (unpaired) electrons. The molecule has 0 aliphatic rings. The van der Waals surface area contributed by atoms with E-state index in [0.29, 0.717) is 5.95 Å². The molecule has 0 amide bonds. The van der Waals surface area contributed by atoms with Gasteiger partial charge in [0.1, 0.15) is 5.82 Å². The summed E-state index contributed by atoms with van der Waals surface area (Å²) in [6.45, 7) is 5.82. The summed E-state index contributed by atoms with van der Waals surface area (Å²) in [5.74, 6) is 3.02. The smallest absolute Gasteiger partial charge is 0.224 e. The molecule has 0 atom stereocenters. The molecule has 0 aliphatic heterocycles. The van der Waals surface area contributed by atoms with Crippen molar-refractivity contribution in [2.75, 3.05) is 37.9 Å². The predicted molar refractivity (Wildman–Crippen MR) is 102 cm³/mol. The van der Waals surface area contributed by atoms with Gasteiger partial charge >= 0.3 is 0 Å². The van der Waals surface area contributed by atoms with Crippen LogP contribution >= 0.6 is 0 Å². The van der Waals surface area contributed by atoms with Gasteiger partial charge in [-0.05, 0) is 37.5 Å². The molecule has 2 aromatic rings. The summed E-state index contributed by atoms with van der Waals surface area (Å²) in [4.78, 5) is 8.94. The zero-order valence-corrected chi connectivity index (χ0v) is 15.6. The molecule has 6 nitrogen and oxygen atoms in total. The number of hydrogen-bond donors (Lipinski definition) is 2. The fraction of sp³-hybridized carbons (Fsp3) is 0.474. The van der Waals surface area contributed by atoms with Gasteiger partial charge < -0.3 is 20.1 Å². The van der Waals surface area contributed by atoms with E-state index in [1.54, 1.807) is 14.2 Å². The molecule has 1 aromatic heterocycles. The van der Waals surface area contributed by atoms with Crippen LogP contribution in [0.5, 0.6) is 11.5 Å². The molecule has 0 saturated carbocycles. The Labute approximate surface area is 150 Å². The second kappa shape index (κ2) is 9.71. The number of anilines is 2. The number of hydrogen-bond acceptors (Lipinski definition) is 6. The van der Waals surface area contributed by atoms with Crippen LogP contribution in [0.4, 0.5) is 11.8 Å². The van der Waals surface area contributed by atoms with Crippen LogP contribution in [0.1, 0.15) is 31.0 Å². The van der Waals surface area contributed by atoms with E-state index in [1.807, 2.05) is 31.2 Å². The van der Waals surface area contributed by atoms with Gasteiger partial charge in [-0.3, -0.25) is 0 Å². The summed E-state index contributed by atoms with van der Waals surface area (Å²) < 4.78 is 10.6. The van der Waals surface area contributed by atoms with Gasteiger partial charge in [0.05, 0.1) is 14.2 Å². The number of aromatic nitrogens is 2. The average molecular weight is 344 g/mol. The monoisotopic (exact) mass is 344 g/mol. The molecule has 2 rings (SSSR count). The van der Waals surface area contributed by atoms with Crippen molar-refractivity contribution < 1.29 is 9.47 Å². The van der Waals surface area contributed by atoms with Crippen molar-refractivity contribution in [3.05, 3.63) is 35.5 Å². The van der Waals surface area contributed by atoms with Crippen molar-refractivity contribution in [1.29, 1.82) is 0 Å². The third-order valence-corrected chi connectivity index (χ3v) is 3.84. The molecule has 2 N–H and O–H groups in total. The van der Waals surface area contributed by atoms with E-state index in [1.165, 1.54) is 5.56 Å². The Morgan fingerprint density at radius 3 is 2.48 bits per heavy atom. The predicted octanol–water partition coefficient (Wildman–Crippen LogP) is 3.67. The van der Waals surface area contributed by atoms with Gasteiger partial charge in [-0.25, -0.2) is 4.98 Å². The minimum Gasteiger partial charge on any atom is -0.493 e. The molecule has 0 spiro atoms. The summed E-state index contributed by atoms with van der Waals surface area (Å²) in [6, 6.07) is 7.94. The van der Waals surface area contributed by atoms with Gasteiger partial charge in [0.25, 0.3) is 0 Å². The number of aryl methyl sites for hydroxylation is 1. The molecule has 0 unspecified atom stereocenters. The van der Waals surface area contributed by atoms with Crippen LogP contribution in [-0.4, -0.2) is 37.3 Å². The van der Waals surface area contributed by atoms with Crippen LogP contribution in [0.15, 0.2) is 24.3 Å². The normalized spacial score (nSPS) is 10.4. The largest absolute Gasteiger partial charge is 0.493 e. The molecule has 0 aliphatic carbocycles. The fourth-order valence-electron chi connectivity index (χ4n) is 2.49. The third kappa shape index (κ3) is 5.81. The Morgan fingerprint density at radius 1 is 0.960 bits per heavy atom. The quantitative estimate of drug-likeness (QED) is 0.641. The molecular formula is C19H28N4O2. The maximum atomic E-state index is 5.35. The molecule has 0 fully saturated rings. The maximum absolute atomic E-state index is 5.35. The highest BCUT2D eigenvalue weighted by molar-refractivity contribution is 5.44. The number of nitrogens with one attached hydrogen (secondary N) is 2. The molecule has 0 bridgehead atoms. The van der Waals surface area contributed by atoms with E-state index in [9.17, 15) is 0 Å². The lowest BCUT2D eigenvalue weighted by molar-refractivity contribution is 0.354. The summed E-state index contributed by atoms with van der Waals surface area (Å²) in [7, 11) is 3.29.